The number of carbonyl (C=O) groups is 1. The Morgan fingerprint density at radius 1 is 1.08 bits per heavy atom. The molecule has 2 aliphatic rings. The quantitative estimate of drug-likeness (QED) is 0.859. The van der Waals surface area contributed by atoms with Gasteiger partial charge in [-0.25, -0.2) is 9.18 Å². The fourth-order valence-corrected chi connectivity index (χ4v) is 3.16. The van der Waals surface area contributed by atoms with E-state index in [0.717, 1.165) is 12.0 Å². The molecule has 2 aromatic rings. The van der Waals surface area contributed by atoms with Crippen LogP contribution >= 0.6 is 0 Å². The molecule has 2 heterocycles. The van der Waals surface area contributed by atoms with Crippen LogP contribution < -0.4 is 4.74 Å². The normalized spacial score (nSPS) is 20.4. The highest BCUT2D eigenvalue weighted by atomic mass is 19.1. The third-order valence-corrected chi connectivity index (χ3v) is 4.53. The Morgan fingerprint density at radius 3 is 2.56 bits per heavy atom. The van der Waals surface area contributed by atoms with Crippen LogP contribution in [0, 0.1) is 5.82 Å². The highest BCUT2D eigenvalue weighted by Gasteiger charge is 2.40. The van der Waals surface area contributed by atoms with Crippen molar-refractivity contribution in [2.45, 2.75) is 18.6 Å². The van der Waals surface area contributed by atoms with E-state index < -0.39 is 0 Å². The summed E-state index contributed by atoms with van der Waals surface area (Å²) in [4.78, 5) is 19.9. The van der Waals surface area contributed by atoms with Gasteiger partial charge in [-0.2, -0.15) is 5.06 Å². The Labute approximate surface area is 145 Å². The van der Waals surface area contributed by atoms with Gasteiger partial charge >= 0.3 is 6.03 Å². The van der Waals surface area contributed by atoms with Crippen LogP contribution in [0.25, 0.3) is 0 Å². The van der Waals surface area contributed by atoms with Crippen LogP contribution in [0.2, 0.25) is 0 Å². The summed E-state index contributed by atoms with van der Waals surface area (Å²) >= 11 is 0. The van der Waals surface area contributed by atoms with Crippen molar-refractivity contribution in [3.05, 3.63) is 66.0 Å². The summed E-state index contributed by atoms with van der Waals surface area (Å²) < 4.78 is 19.2. The van der Waals surface area contributed by atoms with Gasteiger partial charge in [0.05, 0.1) is 25.7 Å². The molecule has 130 valence electrons. The molecule has 2 aromatic carbocycles. The van der Waals surface area contributed by atoms with Gasteiger partial charge in [-0.1, -0.05) is 42.5 Å². The number of hydrogen-bond acceptors (Lipinski definition) is 3. The first-order chi connectivity index (χ1) is 12.2. The van der Waals surface area contributed by atoms with Gasteiger partial charge in [-0.15, -0.1) is 0 Å². The Morgan fingerprint density at radius 2 is 1.80 bits per heavy atom. The molecular formula is C19H19FN2O3. The highest BCUT2D eigenvalue weighted by Crippen LogP contribution is 2.32. The second kappa shape index (κ2) is 6.72. The summed E-state index contributed by atoms with van der Waals surface area (Å²) in [5.41, 5.74) is 1.06. The third kappa shape index (κ3) is 3.17. The fourth-order valence-electron chi connectivity index (χ4n) is 3.16. The number of ether oxygens (including phenoxy) is 1. The molecule has 0 radical (unpaired) electrons. The zero-order valence-electron chi connectivity index (χ0n) is 13.7. The Balaban J connectivity index is 1.36. The van der Waals surface area contributed by atoms with E-state index in [1.807, 2.05) is 30.3 Å². The fraction of sp³-hybridized carbons (Fsp3) is 0.316. The van der Waals surface area contributed by atoms with Gasteiger partial charge in [0.25, 0.3) is 0 Å². The summed E-state index contributed by atoms with van der Waals surface area (Å²) in [6.07, 6.45) is 0.581. The van der Waals surface area contributed by atoms with E-state index in [0.29, 0.717) is 19.7 Å². The van der Waals surface area contributed by atoms with E-state index in [1.54, 1.807) is 23.1 Å². The zero-order chi connectivity index (χ0) is 17.2. The molecule has 25 heavy (non-hydrogen) atoms. The average molecular weight is 342 g/mol. The van der Waals surface area contributed by atoms with Gasteiger partial charge < -0.3 is 9.64 Å². The first-order valence-electron chi connectivity index (χ1n) is 8.39. The molecule has 0 aliphatic carbocycles. The molecule has 2 fully saturated rings. The van der Waals surface area contributed by atoms with Gasteiger partial charge in [0.15, 0.2) is 11.6 Å². The second-order valence-corrected chi connectivity index (χ2v) is 6.23. The van der Waals surface area contributed by atoms with Crippen molar-refractivity contribution in [2.24, 2.45) is 0 Å². The molecule has 5 nitrogen and oxygen atoms in total. The Bertz CT molecular complexity index is 749. The molecule has 0 spiro atoms. The molecular weight excluding hydrogens is 323 g/mol. The van der Waals surface area contributed by atoms with Crippen LogP contribution in [0.4, 0.5) is 9.18 Å². The van der Waals surface area contributed by atoms with E-state index in [9.17, 15) is 9.18 Å². The number of likely N-dealkylation sites (tertiary alicyclic amines) is 1. The molecule has 2 aliphatic heterocycles. The number of nitrogens with zero attached hydrogens (tertiary/aromatic N) is 2. The van der Waals surface area contributed by atoms with E-state index in [-0.39, 0.29) is 29.7 Å². The lowest BCUT2D eigenvalue weighted by atomic mass is 10.0. The summed E-state index contributed by atoms with van der Waals surface area (Å²) in [6.45, 7) is 1.37. The Hall–Kier alpha value is -2.60. The molecule has 0 saturated carbocycles. The largest absolute Gasteiger partial charge is 0.484 e. The van der Waals surface area contributed by atoms with Crippen LogP contribution in [-0.2, 0) is 4.84 Å². The van der Waals surface area contributed by atoms with Gasteiger partial charge in [0, 0.05) is 6.42 Å². The van der Waals surface area contributed by atoms with Crippen LogP contribution in [0.15, 0.2) is 54.6 Å². The van der Waals surface area contributed by atoms with Crippen LogP contribution in [0.3, 0.4) is 0 Å². The topological polar surface area (TPSA) is 42.0 Å². The maximum absolute atomic E-state index is 13.6. The maximum Gasteiger partial charge on any atom is 0.344 e. The molecule has 1 unspecified atom stereocenters. The first-order valence-corrected chi connectivity index (χ1v) is 8.39. The molecule has 0 N–H and O–H groups in total. The average Bonchev–Trinajstić information content (AvgIpc) is 3.09. The second-order valence-electron chi connectivity index (χ2n) is 6.23. The third-order valence-electron chi connectivity index (χ3n) is 4.53. The van der Waals surface area contributed by atoms with Crippen molar-refractivity contribution in [1.82, 2.24) is 9.96 Å². The molecule has 1 atom stereocenters. The van der Waals surface area contributed by atoms with Crippen LogP contribution in [-0.4, -0.2) is 41.8 Å². The predicted molar refractivity (Wildman–Crippen MR) is 89.4 cm³/mol. The van der Waals surface area contributed by atoms with Crippen LogP contribution in [0.1, 0.15) is 18.0 Å². The lowest BCUT2D eigenvalue weighted by molar-refractivity contribution is -0.109. The molecule has 0 bridgehead atoms. The first kappa shape index (κ1) is 15.9. The standard InChI is InChI=1S/C19H19FN2O3/c20-16-8-4-5-9-18(16)25-15-12-21(13-15)19(23)22-17(10-11-24-22)14-6-2-1-3-7-14/h1-9,15,17H,10-13H2. The minimum absolute atomic E-state index is 0.0692. The number of carbonyl (C=O) groups excluding carboxylic acids is 1. The molecule has 4 rings (SSSR count). The highest BCUT2D eigenvalue weighted by molar-refractivity contribution is 5.75. The van der Waals surface area contributed by atoms with E-state index in [1.165, 1.54) is 11.1 Å². The van der Waals surface area contributed by atoms with Gasteiger partial charge in [0.1, 0.15) is 6.10 Å². The zero-order valence-corrected chi connectivity index (χ0v) is 13.7. The van der Waals surface area contributed by atoms with Crippen molar-refractivity contribution in [3.63, 3.8) is 0 Å². The van der Waals surface area contributed by atoms with Crippen molar-refractivity contribution in [2.75, 3.05) is 19.7 Å². The maximum atomic E-state index is 13.6. The lowest BCUT2D eigenvalue weighted by Gasteiger charge is -2.41. The van der Waals surface area contributed by atoms with Gasteiger partial charge in [-0.05, 0) is 17.7 Å². The van der Waals surface area contributed by atoms with Crippen molar-refractivity contribution in [3.8, 4) is 5.75 Å². The Kier molecular flexibility index (Phi) is 4.28. The van der Waals surface area contributed by atoms with Crippen molar-refractivity contribution >= 4 is 6.03 Å². The number of hydrogen-bond donors (Lipinski definition) is 0. The van der Waals surface area contributed by atoms with E-state index >= 15 is 0 Å². The minimum Gasteiger partial charge on any atom is -0.484 e. The number of benzene rings is 2. The predicted octanol–water partition coefficient (Wildman–Crippen LogP) is 3.39. The van der Waals surface area contributed by atoms with Crippen LogP contribution in [0.5, 0.6) is 5.75 Å². The van der Waals surface area contributed by atoms with Gasteiger partial charge in [-0.3, -0.25) is 4.84 Å². The summed E-state index contributed by atoms with van der Waals surface area (Å²) in [5, 5.41) is 1.45. The monoisotopic (exact) mass is 342 g/mol. The van der Waals surface area contributed by atoms with Crippen molar-refractivity contribution < 1.29 is 18.8 Å². The number of amides is 2. The summed E-state index contributed by atoms with van der Waals surface area (Å²) in [7, 11) is 0. The number of urea groups is 1. The number of rotatable bonds is 3. The summed E-state index contributed by atoms with van der Waals surface area (Å²) in [6, 6.07) is 15.9. The molecule has 2 saturated heterocycles. The number of halogens is 1. The van der Waals surface area contributed by atoms with Gasteiger partial charge in [0.2, 0.25) is 0 Å². The van der Waals surface area contributed by atoms with E-state index in [4.69, 9.17) is 9.57 Å². The SMILES string of the molecule is O=C(N1CC(Oc2ccccc2F)C1)N1OCCC1c1ccccc1. The smallest absolute Gasteiger partial charge is 0.344 e. The molecule has 0 aromatic heterocycles. The molecule has 6 heteroatoms. The van der Waals surface area contributed by atoms with Crippen molar-refractivity contribution in [1.29, 1.82) is 0 Å². The minimum atomic E-state index is -0.390. The lowest BCUT2D eigenvalue weighted by Crippen LogP contribution is -2.59. The number of hydroxylamine groups is 2. The summed E-state index contributed by atoms with van der Waals surface area (Å²) in [5.74, 6) is -0.168. The van der Waals surface area contributed by atoms with E-state index in [2.05, 4.69) is 0 Å². The molecule has 2 amide bonds. The number of para-hydroxylation sites is 1.